The molecule has 30 heavy (non-hydrogen) atoms. The van der Waals surface area contributed by atoms with Gasteiger partial charge in [0, 0.05) is 11.8 Å². The number of nitrogens with zero attached hydrogens (tertiary/aromatic N) is 2. The molecule has 0 aliphatic carbocycles. The number of aryl methyl sites for hydroxylation is 1. The summed E-state index contributed by atoms with van der Waals surface area (Å²) in [6.45, 7) is 3.85. The lowest BCUT2D eigenvalue weighted by Crippen LogP contribution is -2.38. The zero-order valence-corrected chi connectivity index (χ0v) is 17.8. The molecule has 0 saturated heterocycles. The molecule has 0 bridgehead atoms. The Balaban J connectivity index is 1.91. The van der Waals surface area contributed by atoms with Crippen LogP contribution in [0.15, 0.2) is 60.8 Å². The van der Waals surface area contributed by atoms with Crippen molar-refractivity contribution in [1.82, 2.24) is 4.98 Å². The fourth-order valence-electron chi connectivity index (χ4n) is 3.94. The van der Waals surface area contributed by atoms with Gasteiger partial charge in [0.05, 0.1) is 17.1 Å². The van der Waals surface area contributed by atoms with Gasteiger partial charge < -0.3 is 9.64 Å². The van der Waals surface area contributed by atoms with E-state index in [-0.39, 0.29) is 6.42 Å². The van der Waals surface area contributed by atoms with Gasteiger partial charge in [-0.05, 0) is 54.8 Å². The van der Waals surface area contributed by atoms with E-state index in [9.17, 15) is 13.0 Å². The Hall–Kier alpha value is -2.90. The van der Waals surface area contributed by atoms with Crippen molar-refractivity contribution in [2.45, 2.75) is 38.5 Å². The second-order valence-corrected chi connectivity index (χ2v) is 8.84. The fraction of sp³-hybridized carbons (Fsp3) is 0.261. The maximum Gasteiger partial charge on any atom is 0.286 e. The van der Waals surface area contributed by atoms with Crippen LogP contribution in [0, 0.1) is 0 Å². The van der Waals surface area contributed by atoms with Gasteiger partial charge in [0.15, 0.2) is 16.9 Å². The van der Waals surface area contributed by atoms with Crippen LogP contribution in [0.3, 0.4) is 0 Å². The van der Waals surface area contributed by atoms with Crippen molar-refractivity contribution in [3.8, 4) is 22.8 Å². The number of rotatable bonds is 6. The number of para-hydroxylation sites is 2. The van der Waals surface area contributed by atoms with Crippen molar-refractivity contribution >= 4 is 21.5 Å². The summed E-state index contributed by atoms with van der Waals surface area (Å²) in [6, 6.07) is 16.9. The van der Waals surface area contributed by atoms with E-state index >= 15 is 0 Å². The van der Waals surface area contributed by atoms with Crippen LogP contribution >= 0.6 is 0 Å². The van der Waals surface area contributed by atoms with Crippen molar-refractivity contribution in [3.63, 3.8) is 0 Å². The number of ether oxygens (including phenoxy) is 1. The first-order valence-corrected chi connectivity index (χ1v) is 11.5. The van der Waals surface area contributed by atoms with Crippen LogP contribution in [0.2, 0.25) is 0 Å². The van der Waals surface area contributed by atoms with E-state index < -0.39 is 15.5 Å². The lowest BCUT2D eigenvalue weighted by atomic mass is 10.0. The fourth-order valence-corrected chi connectivity index (χ4v) is 4.85. The number of pyridine rings is 1. The minimum absolute atomic E-state index is 0.210. The monoisotopic (exact) mass is 424 g/mol. The highest BCUT2D eigenvalue weighted by molar-refractivity contribution is 7.86. The average Bonchev–Trinajstić information content (AvgIpc) is 2.73. The van der Waals surface area contributed by atoms with Crippen molar-refractivity contribution in [1.29, 1.82) is 0 Å². The van der Waals surface area contributed by atoms with Crippen molar-refractivity contribution in [2.24, 2.45) is 0 Å². The summed E-state index contributed by atoms with van der Waals surface area (Å²) in [5, 5.41) is -1.13. The first-order chi connectivity index (χ1) is 14.4. The molecule has 1 aliphatic rings. The lowest BCUT2D eigenvalue weighted by molar-refractivity contribution is 0.451. The normalized spacial score (nSPS) is 13.9. The standard InChI is InChI=1S/C23H24N2O4S/c1-3-8-16-9-7-14-24-23(16)17-12-13-21-19(15-17)25(22(4-2)30(26,27)28)18-10-5-6-11-20(18)29-21/h5-7,9-15,22H,3-4,8H2,1-2H3,(H,26,27,28). The van der Waals surface area contributed by atoms with Crippen LogP contribution in [0.4, 0.5) is 11.4 Å². The molecule has 1 N–H and O–H groups in total. The molecule has 4 rings (SSSR count). The molecule has 156 valence electrons. The molecule has 0 saturated carbocycles. The molecule has 0 spiro atoms. The third-order valence-electron chi connectivity index (χ3n) is 5.23. The molecule has 3 aromatic rings. The first kappa shape index (κ1) is 20.4. The molecular weight excluding hydrogens is 400 g/mol. The van der Waals surface area contributed by atoms with Crippen molar-refractivity contribution in [3.05, 3.63) is 66.4 Å². The zero-order chi connectivity index (χ0) is 21.3. The molecule has 0 amide bonds. The Labute approximate surface area is 176 Å². The Bertz CT molecular complexity index is 1180. The van der Waals surface area contributed by atoms with E-state index in [1.54, 1.807) is 30.2 Å². The highest BCUT2D eigenvalue weighted by atomic mass is 32.2. The van der Waals surface area contributed by atoms with Gasteiger partial charge in [-0.1, -0.05) is 38.5 Å². The summed E-state index contributed by atoms with van der Waals surface area (Å²) >= 11 is 0. The maximum atomic E-state index is 12.2. The summed E-state index contributed by atoms with van der Waals surface area (Å²) < 4.78 is 40.5. The molecule has 2 heterocycles. The predicted octanol–water partition coefficient (Wildman–Crippen LogP) is 5.57. The Morgan fingerprint density at radius 1 is 1.03 bits per heavy atom. The van der Waals surface area contributed by atoms with E-state index in [4.69, 9.17) is 4.74 Å². The van der Waals surface area contributed by atoms with Gasteiger partial charge in [-0.25, -0.2) is 0 Å². The zero-order valence-electron chi connectivity index (χ0n) is 16.9. The smallest absolute Gasteiger partial charge is 0.286 e. The largest absolute Gasteiger partial charge is 0.453 e. The molecule has 2 aromatic carbocycles. The van der Waals surface area contributed by atoms with Crippen LogP contribution < -0.4 is 9.64 Å². The number of benzene rings is 2. The van der Waals surface area contributed by atoms with Gasteiger partial charge in [0.25, 0.3) is 10.1 Å². The first-order valence-electron chi connectivity index (χ1n) is 10.0. The highest BCUT2D eigenvalue weighted by Crippen LogP contribution is 2.49. The summed E-state index contributed by atoms with van der Waals surface area (Å²) in [5.41, 5.74) is 4.05. The van der Waals surface area contributed by atoms with Gasteiger partial charge >= 0.3 is 0 Å². The van der Waals surface area contributed by atoms with Gasteiger partial charge in [-0.15, -0.1) is 0 Å². The SMILES string of the molecule is CCCc1cccnc1-c1ccc2c(c1)N(C(CC)S(=O)(=O)O)c1ccccc1O2. The van der Waals surface area contributed by atoms with Crippen LogP contribution in [0.5, 0.6) is 11.5 Å². The van der Waals surface area contributed by atoms with Gasteiger partial charge in [0.2, 0.25) is 0 Å². The third kappa shape index (κ3) is 3.66. The number of hydrogen-bond acceptors (Lipinski definition) is 5. The third-order valence-corrected chi connectivity index (χ3v) is 6.46. The summed E-state index contributed by atoms with van der Waals surface area (Å²) in [4.78, 5) is 6.22. The second-order valence-electron chi connectivity index (χ2n) is 7.26. The molecule has 0 radical (unpaired) electrons. The summed E-state index contributed by atoms with van der Waals surface area (Å²) in [6.07, 6.45) is 3.85. The van der Waals surface area contributed by atoms with Gasteiger partial charge in [0.1, 0.15) is 0 Å². The van der Waals surface area contributed by atoms with E-state index in [0.29, 0.717) is 22.9 Å². The van der Waals surface area contributed by atoms with E-state index in [1.165, 1.54) is 0 Å². The molecule has 1 unspecified atom stereocenters. The number of hydrogen-bond donors (Lipinski definition) is 1. The number of anilines is 2. The molecule has 0 fully saturated rings. The lowest BCUT2D eigenvalue weighted by Gasteiger charge is -2.36. The summed E-state index contributed by atoms with van der Waals surface area (Å²) in [5.74, 6) is 1.08. The van der Waals surface area contributed by atoms with Gasteiger partial charge in [-0.2, -0.15) is 8.42 Å². The molecule has 7 heteroatoms. The van der Waals surface area contributed by atoms with Gasteiger partial charge in [-0.3, -0.25) is 9.54 Å². The highest BCUT2D eigenvalue weighted by Gasteiger charge is 2.36. The molecule has 1 aliphatic heterocycles. The molecule has 1 atom stereocenters. The predicted molar refractivity (Wildman–Crippen MR) is 118 cm³/mol. The van der Waals surface area contributed by atoms with Crippen LogP contribution in [0.1, 0.15) is 32.3 Å². The van der Waals surface area contributed by atoms with Crippen molar-refractivity contribution in [2.75, 3.05) is 4.90 Å². The van der Waals surface area contributed by atoms with E-state index in [1.807, 2.05) is 36.4 Å². The van der Waals surface area contributed by atoms with E-state index in [2.05, 4.69) is 18.0 Å². The number of fused-ring (bicyclic) bond motifs is 2. The molecular formula is C23H24N2O4S. The topological polar surface area (TPSA) is 79.7 Å². The minimum Gasteiger partial charge on any atom is -0.453 e. The Morgan fingerprint density at radius 3 is 2.53 bits per heavy atom. The molecule has 6 nitrogen and oxygen atoms in total. The second kappa shape index (κ2) is 8.08. The van der Waals surface area contributed by atoms with Crippen LogP contribution in [0.25, 0.3) is 11.3 Å². The average molecular weight is 425 g/mol. The van der Waals surface area contributed by atoms with Crippen LogP contribution in [-0.2, 0) is 16.5 Å². The Morgan fingerprint density at radius 2 is 1.80 bits per heavy atom. The number of aromatic nitrogens is 1. The van der Waals surface area contributed by atoms with Crippen LogP contribution in [-0.4, -0.2) is 23.3 Å². The Kier molecular flexibility index (Phi) is 5.49. The summed E-state index contributed by atoms with van der Waals surface area (Å²) in [7, 11) is -4.34. The minimum atomic E-state index is -4.34. The quantitative estimate of drug-likeness (QED) is 0.521. The van der Waals surface area contributed by atoms with E-state index in [0.717, 1.165) is 29.7 Å². The maximum absolute atomic E-state index is 12.2. The van der Waals surface area contributed by atoms with Crippen molar-refractivity contribution < 1.29 is 17.7 Å². The molecule has 1 aromatic heterocycles.